The second-order valence-electron chi connectivity index (χ2n) is 7.62. The maximum atomic E-state index is 12.5. The number of aromatic amines is 1. The van der Waals surface area contributed by atoms with Gasteiger partial charge in [-0.2, -0.15) is 4.98 Å². The molecule has 10 N–H and O–H groups in total. The number of nitrogen functional groups attached to an aromatic ring is 1. The summed E-state index contributed by atoms with van der Waals surface area (Å²) in [5.41, 5.74) is 12.0. The number of aliphatic hydroxyl groups excluding tert-OH is 1. The fourth-order valence-corrected chi connectivity index (χ4v) is 3.17. The van der Waals surface area contributed by atoms with Gasteiger partial charge >= 0.3 is 11.5 Å². The van der Waals surface area contributed by atoms with Crippen LogP contribution >= 0.6 is 0 Å². The van der Waals surface area contributed by atoms with E-state index in [2.05, 4.69) is 35.9 Å². The minimum absolute atomic E-state index is 0.0389. The largest absolute Gasteiger partial charge is 0.480 e. The molecular formula is C21H27N9O5. The Morgan fingerprint density at radius 2 is 1.89 bits per heavy atom. The lowest BCUT2D eigenvalue weighted by atomic mass is 10.1. The van der Waals surface area contributed by atoms with Crippen molar-refractivity contribution >= 4 is 34.7 Å². The molecule has 0 saturated carbocycles. The minimum atomic E-state index is -1.20. The van der Waals surface area contributed by atoms with Gasteiger partial charge in [-0.3, -0.25) is 14.9 Å². The fraction of sp³-hybridized carbons (Fsp3) is 0.333. The maximum Gasteiger partial charge on any atom is 0.326 e. The smallest absolute Gasteiger partial charge is 0.326 e. The molecule has 0 bridgehead atoms. The number of hydrogen-bond acceptors (Lipinski definition) is 11. The average molecular weight is 486 g/mol. The van der Waals surface area contributed by atoms with Gasteiger partial charge in [0.1, 0.15) is 12.3 Å². The van der Waals surface area contributed by atoms with Crippen molar-refractivity contribution in [3.05, 3.63) is 52.1 Å². The van der Waals surface area contributed by atoms with Crippen LogP contribution in [-0.4, -0.2) is 67.4 Å². The first kappa shape index (κ1) is 25.5. The van der Waals surface area contributed by atoms with Gasteiger partial charge in [-0.1, -0.05) is 0 Å². The highest BCUT2D eigenvalue weighted by atomic mass is 16.4. The van der Waals surface area contributed by atoms with Crippen LogP contribution in [0, 0.1) is 0 Å². The molecule has 0 saturated heterocycles. The Morgan fingerprint density at radius 1 is 1.14 bits per heavy atom. The van der Waals surface area contributed by atoms with Crippen molar-refractivity contribution in [2.45, 2.75) is 31.7 Å². The number of carbonyl (C=O) groups is 2. The number of nitrogens with one attached hydrogen (secondary N) is 4. The van der Waals surface area contributed by atoms with Crippen molar-refractivity contribution in [1.82, 2.24) is 30.6 Å². The first-order valence-electron chi connectivity index (χ1n) is 10.8. The molecule has 1 aromatic carbocycles. The third-order valence-electron chi connectivity index (χ3n) is 4.97. The van der Waals surface area contributed by atoms with Gasteiger partial charge in [-0.05, 0) is 37.1 Å². The number of fused-ring (bicyclic) bond motifs is 1. The highest BCUT2D eigenvalue weighted by Gasteiger charge is 2.21. The normalized spacial score (nSPS) is 12.7. The van der Waals surface area contributed by atoms with Crippen LogP contribution in [0.5, 0.6) is 0 Å². The lowest BCUT2D eigenvalue weighted by Crippen LogP contribution is -2.42. The number of H-pyrrole nitrogens is 1. The number of hydrogen-bond donors (Lipinski definition) is 8. The summed E-state index contributed by atoms with van der Waals surface area (Å²) in [6.45, 7) is 0.979. The Hall–Kier alpha value is -4.14. The van der Waals surface area contributed by atoms with Crippen LogP contribution in [-0.2, 0) is 11.3 Å². The summed E-state index contributed by atoms with van der Waals surface area (Å²) in [6, 6.07) is 5.22. The van der Waals surface area contributed by atoms with Crippen LogP contribution in [0.25, 0.3) is 11.2 Å². The lowest BCUT2D eigenvalue weighted by molar-refractivity contribution is -0.139. The monoisotopic (exact) mass is 485 g/mol. The predicted molar refractivity (Wildman–Crippen MR) is 127 cm³/mol. The number of carboxylic acids is 1. The molecule has 1 amide bonds. The fourth-order valence-electron chi connectivity index (χ4n) is 3.17. The summed E-state index contributed by atoms with van der Waals surface area (Å²) in [4.78, 5) is 50.6. The van der Waals surface area contributed by atoms with Crippen LogP contribution in [0.3, 0.4) is 0 Å². The molecule has 0 radical (unpaired) electrons. The van der Waals surface area contributed by atoms with Crippen molar-refractivity contribution < 1.29 is 19.8 Å². The van der Waals surface area contributed by atoms with Crippen molar-refractivity contribution in [3.63, 3.8) is 0 Å². The average Bonchev–Trinajstić information content (AvgIpc) is 2.84. The van der Waals surface area contributed by atoms with Gasteiger partial charge < -0.3 is 37.3 Å². The number of carboxylic acid groups (broad SMARTS) is 1. The Balaban J connectivity index is 1.56. The van der Waals surface area contributed by atoms with E-state index in [1.165, 1.54) is 18.3 Å². The van der Waals surface area contributed by atoms with Gasteiger partial charge in [0.05, 0.1) is 18.4 Å². The van der Waals surface area contributed by atoms with E-state index in [0.717, 1.165) is 0 Å². The number of nitrogens with two attached hydrogens (primary N) is 2. The van der Waals surface area contributed by atoms with Crippen LogP contribution < -0.4 is 33.0 Å². The second kappa shape index (κ2) is 11.8. The lowest BCUT2D eigenvalue weighted by Gasteiger charge is -2.17. The number of anilines is 2. The first-order valence-corrected chi connectivity index (χ1v) is 10.8. The van der Waals surface area contributed by atoms with Gasteiger partial charge in [0.15, 0.2) is 11.2 Å². The first-order chi connectivity index (χ1) is 16.8. The van der Waals surface area contributed by atoms with Gasteiger partial charge in [0, 0.05) is 24.3 Å². The Labute approximate surface area is 199 Å². The van der Waals surface area contributed by atoms with Crippen LogP contribution in [0.15, 0.2) is 35.3 Å². The highest BCUT2D eigenvalue weighted by molar-refractivity contribution is 5.96. The summed E-state index contributed by atoms with van der Waals surface area (Å²) in [5.74, 6) is -1.80. The summed E-state index contributed by atoms with van der Waals surface area (Å²) >= 11 is 0. The third kappa shape index (κ3) is 7.17. The van der Waals surface area contributed by atoms with E-state index in [1.54, 1.807) is 12.1 Å². The molecule has 186 valence electrons. The van der Waals surface area contributed by atoms with E-state index in [0.29, 0.717) is 24.5 Å². The van der Waals surface area contributed by atoms with E-state index < -0.39 is 29.7 Å². The molecule has 35 heavy (non-hydrogen) atoms. The Morgan fingerprint density at radius 3 is 2.57 bits per heavy atom. The quantitative estimate of drug-likeness (QED) is 0.140. The number of aromatic nitrogens is 4. The highest BCUT2D eigenvalue weighted by Crippen LogP contribution is 2.12. The van der Waals surface area contributed by atoms with Crippen LogP contribution in [0.4, 0.5) is 11.6 Å². The molecule has 3 aromatic rings. The number of aliphatic hydroxyl groups is 1. The topological polar surface area (TPSA) is 234 Å². The van der Waals surface area contributed by atoms with E-state index in [4.69, 9.17) is 11.5 Å². The van der Waals surface area contributed by atoms with E-state index in [-0.39, 0.29) is 42.1 Å². The molecule has 3 rings (SSSR count). The third-order valence-corrected chi connectivity index (χ3v) is 4.97. The summed E-state index contributed by atoms with van der Waals surface area (Å²) in [5, 5.41) is 27.5. The van der Waals surface area contributed by atoms with Crippen molar-refractivity contribution in [1.29, 1.82) is 0 Å². The van der Waals surface area contributed by atoms with Gasteiger partial charge in [0.25, 0.3) is 5.91 Å². The van der Waals surface area contributed by atoms with Crippen LogP contribution in [0.2, 0.25) is 0 Å². The molecule has 14 heteroatoms. The molecule has 2 atom stereocenters. The molecule has 14 nitrogen and oxygen atoms in total. The summed E-state index contributed by atoms with van der Waals surface area (Å²) in [7, 11) is 0. The van der Waals surface area contributed by atoms with Crippen molar-refractivity contribution in [2.75, 3.05) is 24.1 Å². The molecular weight excluding hydrogens is 458 g/mol. The van der Waals surface area contributed by atoms with Crippen molar-refractivity contribution in [3.8, 4) is 0 Å². The summed E-state index contributed by atoms with van der Waals surface area (Å²) < 4.78 is 0. The molecule has 0 spiro atoms. The molecule has 2 aromatic heterocycles. The number of rotatable bonds is 12. The molecule has 0 aliphatic rings. The van der Waals surface area contributed by atoms with Crippen molar-refractivity contribution in [2.24, 2.45) is 5.73 Å². The molecule has 0 aliphatic heterocycles. The zero-order valence-corrected chi connectivity index (χ0v) is 18.7. The van der Waals surface area contributed by atoms with Crippen LogP contribution in [0.1, 0.15) is 28.9 Å². The van der Waals surface area contributed by atoms with E-state index in [9.17, 15) is 24.6 Å². The molecule has 0 fully saturated rings. The second-order valence-corrected chi connectivity index (χ2v) is 7.62. The standard InChI is InChI=1S/C21H27N9O5/c22-7-8-24-15(31)6-5-14(20(34)35)28-18(32)11-1-3-12(4-2-11)25-9-13-10-26-17-16(27-13)19(33)30-21(23)29-17/h1-4,10,14-15,24-25,31H,5-9,22H2,(H,28,32)(H,34,35)(H3,23,26,29,30,33). The summed E-state index contributed by atoms with van der Waals surface area (Å²) in [6.07, 6.45) is 0.744. The van der Waals surface area contributed by atoms with E-state index >= 15 is 0 Å². The maximum absolute atomic E-state index is 12.5. The zero-order valence-electron chi connectivity index (χ0n) is 18.7. The number of benzene rings is 1. The predicted octanol–water partition coefficient (Wildman–Crippen LogP) is -1.26. The Bertz CT molecular complexity index is 1230. The SMILES string of the molecule is NCCNC(O)CCC(NC(=O)c1ccc(NCc2cnc3[nH]c(N)nc(=O)c3n2)cc1)C(=O)O. The van der Waals surface area contributed by atoms with Gasteiger partial charge in [0.2, 0.25) is 5.95 Å². The van der Waals surface area contributed by atoms with E-state index in [1.807, 2.05) is 0 Å². The molecule has 2 unspecified atom stereocenters. The Kier molecular flexibility index (Phi) is 8.61. The molecule has 0 aliphatic carbocycles. The number of nitrogens with zero attached hydrogens (tertiary/aromatic N) is 3. The number of carbonyl (C=O) groups excluding carboxylic acids is 1. The molecule has 2 heterocycles. The minimum Gasteiger partial charge on any atom is -0.480 e. The number of aliphatic carboxylic acids is 1. The zero-order chi connectivity index (χ0) is 25.4. The number of amides is 1. The van der Waals surface area contributed by atoms with Gasteiger partial charge in [-0.25, -0.2) is 14.8 Å². The van der Waals surface area contributed by atoms with Gasteiger partial charge in [-0.15, -0.1) is 0 Å².